The summed E-state index contributed by atoms with van der Waals surface area (Å²) in [5, 5.41) is 12.2. The van der Waals surface area contributed by atoms with Gasteiger partial charge >= 0.3 is 0 Å². The van der Waals surface area contributed by atoms with Crippen molar-refractivity contribution in [3.63, 3.8) is 0 Å². The number of furan rings is 1. The SMILES string of the molecule is C=CCn1c(SC(C)C(=O)Nc2ccc(Cl)cc2Cl)nnc1-c1ccco1. The molecule has 3 rings (SSSR count). The van der Waals surface area contributed by atoms with Crippen molar-refractivity contribution in [1.82, 2.24) is 14.8 Å². The summed E-state index contributed by atoms with van der Waals surface area (Å²) in [7, 11) is 0. The van der Waals surface area contributed by atoms with E-state index >= 15 is 0 Å². The Morgan fingerprint density at radius 3 is 2.89 bits per heavy atom. The average molecular weight is 423 g/mol. The van der Waals surface area contributed by atoms with Crippen molar-refractivity contribution in [2.24, 2.45) is 0 Å². The van der Waals surface area contributed by atoms with Crippen LogP contribution in [-0.2, 0) is 11.3 Å². The molecule has 2 heterocycles. The Bertz CT molecular complexity index is 956. The lowest BCUT2D eigenvalue weighted by Gasteiger charge is -2.13. The third kappa shape index (κ3) is 4.55. The molecule has 0 aliphatic heterocycles. The molecule has 9 heteroatoms. The maximum absolute atomic E-state index is 12.5. The third-order valence-corrected chi connectivity index (χ3v) is 5.24. The standard InChI is InChI=1S/C18H16Cl2N4O2S/c1-3-8-24-16(15-5-4-9-26-15)22-23-18(24)27-11(2)17(25)21-14-7-6-12(19)10-13(14)20/h3-7,9-11H,1,8H2,2H3,(H,21,25). The Morgan fingerprint density at radius 1 is 1.41 bits per heavy atom. The molecule has 0 saturated carbocycles. The number of anilines is 1. The number of hydrogen-bond acceptors (Lipinski definition) is 5. The lowest BCUT2D eigenvalue weighted by molar-refractivity contribution is -0.115. The molecule has 0 spiro atoms. The topological polar surface area (TPSA) is 73.0 Å². The van der Waals surface area contributed by atoms with E-state index in [0.717, 1.165) is 0 Å². The average Bonchev–Trinajstić information content (AvgIpc) is 3.28. The Kier molecular flexibility index (Phi) is 6.26. The maximum Gasteiger partial charge on any atom is 0.237 e. The van der Waals surface area contributed by atoms with Crippen LogP contribution in [0, 0.1) is 0 Å². The molecular formula is C18H16Cl2N4O2S. The first-order valence-corrected chi connectivity index (χ1v) is 9.63. The summed E-state index contributed by atoms with van der Waals surface area (Å²) in [6, 6.07) is 8.48. The first-order chi connectivity index (χ1) is 13.0. The van der Waals surface area contributed by atoms with Crippen molar-refractivity contribution < 1.29 is 9.21 Å². The molecule has 1 amide bonds. The van der Waals surface area contributed by atoms with Gasteiger partial charge < -0.3 is 9.73 Å². The molecule has 27 heavy (non-hydrogen) atoms. The molecule has 140 valence electrons. The predicted molar refractivity (Wildman–Crippen MR) is 108 cm³/mol. The van der Waals surface area contributed by atoms with Gasteiger partial charge in [0.2, 0.25) is 11.7 Å². The molecular weight excluding hydrogens is 407 g/mol. The van der Waals surface area contributed by atoms with Crippen LogP contribution in [0.3, 0.4) is 0 Å². The van der Waals surface area contributed by atoms with Crippen LogP contribution in [0.4, 0.5) is 5.69 Å². The van der Waals surface area contributed by atoms with Crippen molar-refractivity contribution in [1.29, 1.82) is 0 Å². The summed E-state index contributed by atoms with van der Waals surface area (Å²) >= 11 is 13.3. The first-order valence-electron chi connectivity index (χ1n) is 8.00. The highest BCUT2D eigenvalue weighted by Crippen LogP contribution is 2.29. The number of benzene rings is 1. The Balaban J connectivity index is 1.76. The van der Waals surface area contributed by atoms with Crippen LogP contribution in [0.1, 0.15) is 6.92 Å². The molecule has 1 unspecified atom stereocenters. The molecule has 1 N–H and O–H groups in total. The minimum Gasteiger partial charge on any atom is -0.461 e. The van der Waals surface area contributed by atoms with Crippen LogP contribution >= 0.6 is 35.0 Å². The van der Waals surface area contributed by atoms with Gasteiger partial charge in [-0.1, -0.05) is 41.0 Å². The van der Waals surface area contributed by atoms with E-state index in [4.69, 9.17) is 27.6 Å². The lowest BCUT2D eigenvalue weighted by Crippen LogP contribution is -2.23. The van der Waals surface area contributed by atoms with Gasteiger partial charge in [-0.05, 0) is 37.3 Å². The second-order valence-electron chi connectivity index (χ2n) is 5.56. The van der Waals surface area contributed by atoms with E-state index in [1.54, 1.807) is 49.6 Å². The molecule has 1 atom stereocenters. The highest BCUT2D eigenvalue weighted by molar-refractivity contribution is 8.00. The van der Waals surface area contributed by atoms with Crippen molar-refractivity contribution in [2.75, 3.05) is 5.32 Å². The molecule has 0 radical (unpaired) electrons. The summed E-state index contributed by atoms with van der Waals surface area (Å²) in [5.41, 5.74) is 0.502. The van der Waals surface area contributed by atoms with Crippen LogP contribution in [0.2, 0.25) is 10.0 Å². The highest BCUT2D eigenvalue weighted by atomic mass is 35.5. The number of allylic oxidation sites excluding steroid dienone is 1. The third-order valence-electron chi connectivity index (χ3n) is 3.61. The molecule has 0 aliphatic rings. The van der Waals surface area contributed by atoms with Crippen molar-refractivity contribution in [2.45, 2.75) is 23.9 Å². The van der Waals surface area contributed by atoms with Crippen molar-refractivity contribution in [3.8, 4) is 11.6 Å². The first kappa shape index (κ1) is 19.5. The number of carbonyl (C=O) groups excluding carboxylic acids is 1. The molecule has 0 saturated heterocycles. The predicted octanol–water partition coefficient (Wildman–Crippen LogP) is 5.15. The Hall–Kier alpha value is -2.22. The van der Waals surface area contributed by atoms with Crippen molar-refractivity contribution >= 4 is 46.6 Å². The van der Waals surface area contributed by atoms with Crippen LogP contribution in [0.5, 0.6) is 0 Å². The summed E-state index contributed by atoms with van der Waals surface area (Å²) in [6.45, 7) is 6.03. The van der Waals surface area contributed by atoms with Crippen molar-refractivity contribution in [3.05, 3.63) is 59.3 Å². The number of carbonyl (C=O) groups is 1. The Labute approximate surface area is 170 Å². The number of nitrogens with zero attached hydrogens (tertiary/aromatic N) is 3. The van der Waals surface area contributed by atoms with Gasteiger partial charge in [0.25, 0.3) is 0 Å². The zero-order valence-electron chi connectivity index (χ0n) is 14.4. The van der Waals surface area contributed by atoms with Gasteiger partial charge in [-0.3, -0.25) is 9.36 Å². The zero-order chi connectivity index (χ0) is 19.4. The van der Waals surface area contributed by atoms with Crippen LogP contribution in [0.25, 0.3) is 11.6 Å². The summed E-state index contributed by atoms with van der Waals surface area (Å²) in [6.07, 6.45) is 3.30. The number of rotatable bonds is 7. The number of halogens is 2. The number of hydrogen-bond donors (Lipinski definition) is 1. The molecule has 0 bridgehead atoms. The maximum atomic E-state index is 12.5. The monoisotopic (exact) mass is 422 g/mol. The number of amides is 1. The molecule has 0 fully saturated rings. The number of aromatic nitrogens is 3. The van der Waals surface area contributed by atoms with Gasteiger partial charge in [0.05, 0.1) is 22.2 Å². The molecule has 0 aliphatic carbocycles. The summed E-state index contributed by atoms with van der Waals surface area (Å²) < 4.78 is 7.25. The van der Waals surface area contributed by atoms with Gasteiger partial charge in [-0.2, -0.15) is 0 Å². The minimum atomic E-state index is -0.436. The minimum absolute atomic E-state index is 0.211. The van der Waals surface area contributed by atoms with E-state index in [1.807, 2.05) is 4.57 Å². The van der Waals surface area contributed by atoms with E-state index < -0.39 is 5.25 Å². The van der Waals surface area contributed by atoms with Crippen LogP contribution in [-0.4, -0.2) is 25.9 Å². The lowest BCUT2D eigenvalue weighted by atomic mass is 10.3. The van der Waals surface area contributed by atoms with Gasteiger partial charge in [-0.15, -0.1) is 16.8 Å². The fourth-order valence-corrected chi connectivity index (χ4v) is 3.61. The fraction of sp³-hybridized carbons (Fsp3) is 0.167. The smallest absolute Gasteiger partial charge is 0.237 e. The number of nitrogens with one attached hydrogen (secondary N) is 1. The molecule has 1 aromatic carbocycles. The normalized spacial score (nSPS) is 12.0. The van der Waals surface area contributed by atoms with Gasteiger partial charge in [0.15, 0.2) is 10.9 Å². The van der Waals surface area contributed by atoms with E-state index in [-0.39, 0.29) is 5.91 Å². The van der Waals surface area contributed by atoms with E-state index in [2.05, 4.69) is 22.1 Å². The van der Waals surface area contributed by atoms with Gasteiger partial charge in [0, 0.05) is 11.6 Å². The number of thioether (sulfide) groups is 1. The summed E-state index contributed by atoms with van der Waals surface area (Å²) in [4.78, 5) is 12.5. The molecule has 2 aromatic heterocycles. The van der Waals surface area contributed by atoms with E-state index in [9.17, 15) is 4.79 Å². The van der Waals surface area contributed by atoms with E-state index in [1.165, 1.54) is 11.8 Å². The quantitative estimate of drug-likeness (QED) is 0.420. The summed E-state index contributed by atoms with van der Waals surface area (Å²) in [5.74, 6) is 0.967. The molecule has 6 nitrogen and oxygen atoms in total. The second-order valence-corrected chi connectivity index (χ2v) is 7.71. The molecule has 3 aromatic rings. The van der Waals surface area contributed by atoms with Gasteiger partial charge in [-0.25, -0.2) is 0 Å². The van der Waals surface area contributed by atoms with Crippen LogP contribution < -0.4 is 5.32 Å². The van der Waals surface area contributed by atoms with Gasteiger partial charge in [0.1, 0.15) is 0 Å². The largest absolute Gasteiger partial charge is 0.461 e. The fourth-order valence-electron chi connectivity index (χ4n) is 2.29. The van der Waals surface area contributed by atoms with Crippen LogP contribution in [0.15, 0.2) is 58.8 Å². The second kappa shape index (κ2) is 8.65. The zero-order valence-corrected chi connectivity index (χ0v) is 16.7. The Morgan fingerprint density at radius 2 is 2.22 bits per heavy atom. The van der Waals surface area contributed by atoms with E-state index in [0.29, 0.717) is 39.0 Å². The highest BCUT2D eigenvalue weighted by Gasteiger charge is 2.22.